The minimum absolute atomic E-state index is 0.0486. The first-order valence-corrected chi connectivity index (χ1v) is 6.09. The van der Waals surface area contributed by atoms with Gasteiger partial charge >= 0.3 is 0 Å². The number of rotatable bonds is 3. The largest absolute Gasteiger partial charge is 0.321 e. The van der Waals surface area contributed by atoms with E-state index in [0.29, 0.717) is 5.95 Å². The Morgan fingerprint density at radius 3 is 2.33 bits per heavy atom. The van der Waals surface area contributed by atoms with Gasteiger partial charge in [-0.25, -0.2) is 0 Å². The Kier molecular flexibility index (Phi) is 3.68. The predicted molar refractivity (Wildman–Crippen MR) is 70.4 cm³/mol. The molecular weight excluding hydrogens is 275 g/mol. The first kappa shape index (κ1) is 13.0. The third-order valence-electron chi connectivity index (χ3n) is 2.23. The second-order valence-electron chi connectivity index (χ2n) is 4.08. The zero-order valence-corrected chi connectivity index (χ0v) is 11.7. The van der Waals surface area contributed by atoms with Gasteiger partial charge < -0.3 is 5.32 Å². The maximum atomic E-state index is 5.72. The molecule has 0 bridgehead atoms. The molecule has 0 saturated heterocycles. The van der Waals surface area contributed by atoms with E-state index in [-0.39, 0.29) is 16.5 Å². The monoisotopic (exact) mass is 286 g/mol. The molecule has 0 aliphatic heterocycles. The second-order valence-corrected chi connectivity index (χ2v) is 4.75. The highest BCUT2D eigenvalue weighted by molar-refractivity contribution is 6.31. The van der Waals surface area contributed by atoms with Gasteiger partial charge in [-0.2, -0.15) is 20.1 Å². The molecule has 0 aliphatic rings. The molecule has 0 spiro atoms. The van der Waals surface area contributed by atoms with E-state index in [4.69, 9.17) is 23.2 Å². The lowest BCUT2D eigenvalue weighted by Crippen LogP contribution is -2.01. The Balaban J connectivity index is 2.33. The molecule has 1 N–H and O–H groups in total. The highest BCUT2D eigenvalue weighted by atomic mass is 35.5. The van der Waals surface area contributed by atoms with Crippen LogP contribution < -0.4 is 5.32 Å². The second kappa shape index (κ2) is 5.07. The summed E-state index contributed by atoms with van der Waals surface area (Å²) in [7, 11) is 1.85. The number of nitrogens with one attached hydrogen (secondary N) is 1. The van der Waals surface area contributed by atoms with Crippen LogP contribution in [0.5, 0.6) is 0 Å². The van der Waals surface area contributed by atoms with E-state index in [1.807, 2.05) is 13.2 Å². The van der Waals surface area contributed by atoms with Crippen LogP contribution in [0, 0.1) is 0 Å². The van der Waals surface area contributed by atoms with Crippen molar-refractivity contribution in [3.63, 3.8) is 0 Å². The topological polar surface area (TPSA) is 68.5 Å². The molecule has 8 heteroatoms. The van der Waals surface area contributed by atoms with E-state index >= 15 is 0 Å². The number of hydrogen-bond donors (Lipinski definition) is 1. The Bertz CT molecular complexity index is 545. The van der Waals surface area contributed by atoms with E-state index < -0.39 is 0 Å². The summed E-state index contributed by atoms with van der Waals surface area (Å²) in [5, 5.41) is 7.51. The van der Waals surface area contributed by atoms with Crippen LogP contribution in [-0.2, 0) is 7.05 Å². The van der Waals surface area contributed by atoms with Crippen LogP contribution in [0.2, 0.25) is 10.6 Å². The van der Waals surface area contributed by atoms with Gasteiger partial charge in [0, 0.05) is 13.2 Å². The van der Waals surface area contributed by atoms with Crippen molar-refractivity contribution in [3.8, 4) is 0 Å². The summed E-state index contributed by atoms with van der Waals surface area (Å²) in [5.74, 6) is 0.580. The molecule has 0 atom stereocenters. The molecule has 6 nitrogen and oxygen atoms in total. The lowest BCUT2D eigenvalue weighted by Gasteiger charge is -2.06. The summed E-state index contributed by atoms with van der Waals surface area (Å²) in [6.45, 7) is 4.11. The maximum Gasteiger partial charge on any atom is 0.232 e. The number of nitrogens with zero attached hydrogens (tertiary/aromatic N) is 5. The van der Waals surface area contributed by atoms with Crippen molar-refractivity contribution in [2.24, 2.45) is 7.05 Å². The van der Waals surface area contributed by atoms with E-state index in [2.05, 4.69) is 39.2 Å². The third kappa shape index (κ3) is 2.88. The molecule has 2 aromatic rings. The van der Waals surface area contributed by atoms with Crippen molar-refractivity contribution in [2.75, 3.05) is 5.32 Å². The lowest BCUT2D eigenvalue weighted by atomic mass is 10.1. The molecule has 0 unspecified atom stereocenters. The molecular formula is C10H12Cl2N6. The lowest BCUT2D eigenvalue weighted by molar-refractivity contribution is 0.713. The maximum absolute atomic E-state index is 5.72. The fourth-order valence-electron chi connectivity index (χ4n) is 1.53. The van der Waals surface area contributed by atoms with Crippen LogP contribution in [-0.4, -0.2) is 24.7 Å². The summed E-state index contributed by atoms with van der Waals surface area (Å²) in [6, 6.07) is 0. The molecule has 0 amide bonds. The summed E-state index contributed by atoms with van der Waals surface area (Å²) >= 11 is 11.4. The van der Waals surface area contributed by atoms with Gasteiger partial charge in [0.25, 0.3) is 0 Å². The molecule has 0 fully saturated rings. The van der Waals surface area contributed by atoms with Gasteiger partial charge in [-0.1, -0.05) is 13.8 Å². The summed E-state index contributed by atoms with van der Waals surface area (Å²) in [6.07, 6.45) is 1.85. The molecule has 2 heterocycles. The van der Waals surface area contributed by atoms with Crippen LogP contribution in [0.15, 0.2) is 6.20 Å². The smallest absolute Gasteiger partial charge is 0.232 e. The van der Waals surface area contributed by atoms with Crippen LogP contribution in [0.4, 0.5) is 11.6 Å². The van der Waals surface area contributed by atoms with Crippen LogP contribution in [0.1, 0.15) is 25.5 Å². The van der Waals surface area contributed by atoms with Crippen molar-refractivity contribution < 1.29 is 0 Å². The summed E-state index contributed by atoms with van der Waals surface area (Å²) in [5.41, 5.74) is 1.75. The number of anilines is 2. The van der Waals surface area contributed by atoms with Gasteiger partial charge in [0.2, 0.25) is 16.5 Å². The number of aryl methyl sites for hydroxylation is 1. The van der Waals surface area contributed by atoms with Gasteiger partial charge in [-0.15, -0.1) is 0 Å². The minimum atomic E-state index is 0.0486. The molecule has 96 valence electrons. The average molecular weight is 287 g/mol. The molecule has 0 aliphatic carbocycles. The van der Waals surface area contributed by atoms with Gasteiger partial charge in [-0.3, -0.25) is 4.68 Å². The van der Waals surface area contributed by atoms with Gasteiger partial charge in [0.15, 0.2) is 0 Å². The van der Waals surface area contributed by atoms with Gasteiger partial charge in [0.1, 0.15) is 0 Å². The number of halogens is 2. The highest BCUT2D eigenvalue weighted by Gasteiger charge is 2.13. The SMILES string of the molecule is CC(C)c1nn(C)cc1Nc1nc(Cl)nc(Cl)n1. The zero-order valence-electron chi connectivity index (χ0n) is 10.1. The van der Waals surface area contributed by atoms with Crippen molar-refractivity contribution in [1.82, 2.24) is 24.7 Å². The van der Waals surface area contributed by atoms with Crippen LogP contribution in [0.25, 0.3) is 0 Å². The number of aromatic nitrogens is 5. The standard InChI is InChI=1S/C10H12Cl2N6/c1-5(2)7-6(4-18(3)17-7)13-10-15-8(11)14-9(12)16-10/h4-5H,1-3H3,(H,13,14,15,16). The van der Waals surface area contributed by atoms with E-state index in [1.165, 1.54) is 0 Å². The molecule has 0 radical (unpaired) electrons. The Morgan fingerprint density at radius 2 is 1.78 bits per heavy atom. The first-order chi connectivity index (χ1) is 8.45. The van der Waals surface area contributed by atoms with Crippen LogP contribution in [0.3, 0.4) is 0 Å². The van der Waals surface area contributed by atoms with E-state index in [0.717, 1.165) is 11.4 Å². The minimum Gasteiger partial charge on any atom is -0.321 e. The predicted octanol–water partition coefficient (Wildman–Crippen LogP) is 2.78. The Labute approximate surface area is 114 Å². The third-order valence-corrected chi connectivity index (χ3v) is 2.57. The quantitative estimate of drug-likeness (QED) is 0.940. The molecule has 2 rings (SSSR count). The molecule has 18 heavy (non-hydrogen) atoms. The van der Waals surface area contributed by atoms with Crippen molar-refractivity contribution in [1.29, 1.82) is 0 Å². The molecule has 0 aromatic carbocycles. The van der Waals surface area contributed by atoms with Gasteiger partial charge in [0.05, 0.1) is 11.4 Å². The fourth-order valence-corrected chi connectivity index (χ4v) is 1.89. The summed E-state index contributed by atoms with van der Waals surface area (Å²) in [4.78, 5) is 11.6. The zero-order chi connectivity index (χ0) is 13.3. The van der Waals surface area contributed by atoms with Crippen molar-refractivity contribution >= 4 is 34.8 Å². The van der Waals surface area contributed by atoms with Crippen LogP contribution >= 0.6 is 23.2 Å². The Hall–Kier alpha value is -1.40. The molecule has 0 saturated carbocycles. The average Bonchev–Trinajstić information content (AvgIpc) is 2.57. The Morgan fingerprint density at radius 1 is 1.17 bits per heavy atom. The van der Waals surface area contributed by atoms with Gasteiger partial charge in [-0.05, 0) is 29.1 Å². The van der Waals surface area contributed by atoms with Crippen molar-refractivity contribution in [3.05, 3.63) is 22.5 Å². The van der Waals surface area contributed by atoms with E-state index in [1.54, 1.807) is 4.68 Å². The fraction of sp³-hybridized carbons (Fsp3) is 0.400. The molecule has 2 aromatic heterocycles. The normalized spacial score (nSPS) is 11.0. The first-order valence-electron chi connectivity index (χ1n) is 5.33. The summed E-state index contributed by atoms with van der Waals surface area (Å²) < 4.78 is 1.72. The highest BCUT2D eigenvalue weighted by Crippen LogP contribution is 2.24. The van der Waals surface area contributed by atoms with E-state index in [9.17, 15) is 0 Å². The number of hydrogen-bond acceptors (Lipinski definition) is 5. The van der Waals surface area contributed by atoms with Crippen molar-refractivity contribution in [2.45, 2.75) is 19.8 Å².